The molecule has 34 heavy (non-hydrogen) atoms. The molecule has 0 unspecified atom stereocenters. The molecule has 0 aliphatic rings. The molecule has 8 nitrogen and oxygen atoms in total. The Balaban J connectivity index is 2.07. The number of ether oxygens (including phenoxy) is 2. The van der Waals surface area contributed by atoms with Crippen LogP contribution in [0.4, 0.5) is 0 Å². The molecule has 0 atom stereocenters. The number of aryl methyl sites for hydroxylation is 2. The average Bonchev–Trinajstić information content (AvgIpc) is 3.21. The number of nitrogens with zero attached hydrogens (tertiary/aromatic N) is 2. The van der Waals surface area contributed by atoms with Crippen molar-refractivity contribution in [2.75, 3.05) is 13.2 Å². The second kappa shape index (κ2) is 9.35. The molecule has 0 N–H and O–H groups in total. The number of hydrogen-bond donors (Lipinski definition) is 0. The van der Waals surface area contributed by atoms with Crippen molar-refractivity contribution in [3.63, 3.8) is 0 Å². The van der Waals surface area contributed by atoms with Crippen LogP contribution in [0.5, 0.6) is 0 Å². The summed E-state index contributed by atoms with van der Waals surface area (Å²) in [6, 6.07) is 12.5. The number of benzene rings is 2. The van der Waals surface area contributed by atoms with E-state index in [-0.39, 0.29) is 41.2 Å². The van der Waals surface area contributed by atoms with E-state index in [0.717, 1.165) is 11.1 Å². The molecule has 2 heterocycles. The number of aromatic nitrogens is 2. The van der Waals surface area contributed by atoms with E-state index in [9.17, 15) is 14.4 Å². The summed E-state index contributed by atoms with van der Waals surface area (Å²) in [5.74, 6) is -1.55. The number of hydrogen-bond acceptors (Lipinski definition) is 7. The van der Waals surface area contributed by atoms with Crippen LogP contribution in [0.25, 0.3) is 27.9 Å². The second-order valence-corrected chi connectivity index (χ2v) is 7.74. The third-order valence-corrected chi connectivity index (χ3v) is 5.30. The van der Waals surface area contributed by atoms with E-state index in [1.807, 2.05) is 32.0 Å². The van der Waals surface area contributed by atoms with E-state index in [4.69, 9.17) is 13.9 Å². The van der Waals surface area contributed by atoms with Gasteiger partial charge in [0.05, 0.1) is 29.9 Å². The van der Waals surface area contributed by atoms with Crippen molar-refractivity contribution in [1.29, 1.82) is 0 Å². The van der Waals surface area contributed by atoms with Gasteiger partial charge in [-0.05, 0) is 52.0 Å². The molecule has 0 saturated heterocycles. The fourth-order valence-electron chi connectivity index (χ4n) is 3.67. The van der Waals surface area contributed by atoms with E-state index >= 15 is 0 Å². The van der Waals surface area contributed by atoms with Crippen LogP contribution in [0.2, 0.25) is 0 Å². The molecule has 0 fully saturated rings. The van der Waals surface area contributed by atoms with Crippen LogP contribution in [0.1, 0.15) is 45.8 Å². The van der Waals surface area contributed by atoms with Gasteiger partial charge in [0.25, 0.3) is 0 Å². The van der Waals surface area contributed by atoms with E-state index in [2.05, 4.69) is 5.10 Å². The zero-order chi connectivity index (χ0) is 24.4. The molecule has 2 aromatic heterocycles. The van der Waals surface area contributed by atoms with E-state index < -0.39 is 11.9 Å². The van der Waals surface area contributed by atoms with E-state index in [0.29, 0.717) is 16.7 Å². The highest BCUT2D eigenvalue weighted by Crippen LogP contribution is 2.29. The number of rotatable bonds is 6. The number of carbonyl (C=O) groups is 2. The maximum absolute atomic E-state index is 13.4. The van der Waals surface area contributed by atoms with E-state index in [1.54, 1.807) is 38.1 Å². The van der Waals surface area contributed by atoms with Gasteiger partial charge in [0.15, 0.2) is 5.69 Å². The van der Waals surface area contributed by atoms with Gasteiger partial charge < -0.3 is 13.9 Å². The summed E-state index contributed by atoms with van der Waals surface area (Å²) in [5, 5.41) is 4.87. The van der Waals surface area contributed by atoms with Crippen LogP contribution in [0, 0.1) is 13.8 Å². The Morgan fingerprint density at radius 2 is 1.59 bits per heavy atom. The summed E-state index contributed by atoms with van der Waals surface area (Å²) in [7, 11) is 0. The van der Waals surface area contributed by atoms with Crippen molar-refractivity contribution in [2.45, 2.75) is 27.7 Å². The molecule has 2 aromatic carbocycles. The van der Waals surface area contributed by atoms with Gasteiger partial charge in [-0.2, -0.15) is 5.10 Å². The lowest BCUT2D eigenvalue weighted by Gasteiger charge is -2.09. The van der Waals surface area contributed by atoms with Gasteiger partial charge >= 0.3 is 11.9 Å². The molecule has 0 aliphatic carbocycles. The standard InChI is InChI=1S/C26H24N2O6/c1-5-32-25(30)21-22(19-14-34-20-12-9-16(4)13-18(20)24(19)29)27-28(23(21)26(31)33-6-2)17-10-7-15(3)8-11-17/h7-14H,5-6H2,1-4H3. The predicted molar refractivity (Wildman–Crippen MR) is 126 cm³/mol. The normalized spacial score (nSPS) is 10.9. The maximum Gasteiger partial charge on any atom is 0.357 e. The molecule has 0 saturated carbocycles. The Kier molecular flexibility index (Phi) is 6.32. The molecule has 0 radical (unpaired) electrons. The monoisotopic (exact) mass is 460 g/mol. The first-order valence-corrected chi connectivity index (χ1v) is 10.9. The lowest BCUT2D eigenvalue weighted by atomic mass is 10.0. The van der Waals surface area contributed by atoms with Crippen molar-refractivity contribution in [3.8, 4) is 16.9 Å². The van der Waals surface area contributed by atoms with Crippen LogP contribution < -0.4 is 5.43 Å². The van der Waals surface area contributed by atoms with Crippen molar-refractivity contribution in [2.24, 2.45) is 0 Å². The van der Waals surface area contributed by atoms with Crippen molar-refractivity contribution in [1.82, 2.24) is 9.78 Å². The Morgan fingerprint density at radius 1 is 0.941 bits per heavy atom. The Bertz CT molecular complexity index is 1450. The molecule has 0 amide bonds. The van der Waals surface area contributed by atoms with Crippen LogP contribution in [-0.2, 0) is 9.47 Å². The van der Waals surface area contributed by atoms with Crippen LogP contribution >= 0.6 is 0 Å². The number of fused-ring (bicyclic) bond motifs is 1. The molecule has 174 valence electrons. The molecule has 0 aliphatic heterocycles. The highest BCUT2D eigenvalue weighted by Gasteiger charge is 2.33. The lowest BCUT2D eigenvalue weighted by molar-refractivity contribution is 0.0473. The summed E-state index contributed by atoms with van der Waals surface area (Å²) < 4.78 is 17.5. The van der Waals surface area contributed by atoms with Gasteiger partial charge in [-0.3, -0.25) is 4.79 Å². The minimum absolute atomic E-state index is 0.0146. The molecule has 4 aromatic rings. The Hall–Kier alpha value is -4.20. The summed E-state index contributed by atoms with van der Waals surface area (Å²) >= 11 is 0. The highest BCUT2D eigenvalue weighted by atomic mass is 16.5. The Morgan fingerprint density at radius 3 is 2.26 bits per heavy atom. The number of esters is 2. The highest BCUT2D eigenvalue weighted by molar-refractivity contribution is 6.07. The lowest BCUT2D eigenvalue weighted by Crippen LogP contribution is -2.17. The largest absolute Gasteiger partial charge is 0.463 e. The van der Waals surface area contributed by atoms with Gasteiger partial charge in [-0.25, -0.2) is 14.3 Å². The van der Waals surface area contributed by atoms with E-state index in [1.165, 1.54) is 10.9 Å². The zero-order valence-corrected chi connectivity index (χ0v) is 19.4. The number of carbonyl (C=O) groups excluding carboxylic acids is 2. The predicted octanol–water partition coefficient (Wildman–Crippen LogP) is 4.62. The third kappa shape index (κ3) is 4.10. The topological polar surface area (TPSA) is 101 Å². The molecule has 8 heteroatoms. The summed E-state index contributed by atoms with van der Waals surface area (Å²) in [6.07, 6.45) is 1.25. The van der Waals surface area contributed by atoms with Gasteiger partial charge in [0.2, 0.25) is 5.43 Å². The molecule has 0 spiro atoms. The first-order chi connectivity index (χ1) is 16.3. The van der Waals surface area contributed by atoms with Crippen LogP contribution in [0.3, 0.4) is 0 Å². The fraction of sp³-hybridized carbons (Fsp3) is 0.231. The average molecular weight is 460 g/mol. The van der Waals surface area contributed by atoms with Gasteiger partial charge in [-0.1, -0.05) is 29.3 Å². The van der Waals surface area contributed by atoms with Crippen molar-refractivity contribution < 1.29 is 23.5 Å². The second-order valence-electron chi connectivity index (χ2n) is 7.74. The summed E-state index contributed by atoms with van der Waals surface area (Å²) in [4.78, 5) is 39.5. The first-order valence-electron chi connectivity index (χ1n) is 10.9. The minimum Gasteiger partial charge on any atom is -0.463 e. The Labute approximate surface area is 195 Å². The smallest absolute Gasteiger partial charge is 0.357 e. The van der Waals surface area contributed by atoms with Crippen LogP contribution in [-0.4, -0.2) is 34.9 Å². The molecular formula is C26H24N2O6. The van der Waals surface area contributed by atoms with Crippen molar-refractivity contribution in [3.05, 3.63) is 81.3 Å². The summed E-state index contributed by atoms with van der Waals surface area (Å²) in [5.41, 5.74) is 2.18. The van der Waals surface area contributed by atoms with Gasteiger partial charge in [0.1, 0.15) is 23.1 Å². The third-order valence-electron chi connectivity index (χ3n) is 5.30. The van der Waals surface area contributed by atoms with Gasteiger partial charge in [0, 0.05) is 0 Å². The molecular weight excluding hydrogens is 436 g/mol. The summed E-state index contributed by atoms with van der Waals surface area (Å²) in [6.45, 7) is 7.26. The first kappa shape index (κ1) is 23.0. The molecule has 0 bridgehead atoms. The van der Waals surface area contributed by atoms with Crippen LogP contribution in [0.15, 0.2) is 57.9 Å². The minimum atomic E-state index is -0.789. The molecule has 4 rings (SSSR count). The van der Waals surface area contributed by atoms with Crippen molar-refractivity contribution >= 4 is 22.9 Å². The maximum atomic E-state index is 13.4. The fourth-order valence-corrected chi connectivity index (χ4v) is 3.67. The van der Waals surface area contributed by atoms with Gasteiger partial charge in [-0.15, -0.1) is 0 Å². The zero-order valence-electron chi connectivity index (χ0n) is 19.4. The quantitative estimate of drug-likeness (QED) is 0.387. The SMILES string of the molecule is CCOC(=O)c1c(-c2coc3ccc(C)cc3c2=O)nn(-c2ccc(C)cc2)c1C(=O)OCC.